The summed E-state index contributed by atoms with van der Waals surface area (Å²) in [5.74, 6) is 2.39. The van der Waals surface area contributed by atoms with Crippen LogP contribution < -0.4 is 14.8 Å². The van der Waals surface area contributed by atoms with Crippen LogP contribution in [-0.2, 0) is 0 Å². The Hall–Kier alpha value is -1.38. The van der Waals surface area contributed by atoms with Crippen LogP contribution in [0.1, 0.15) is 40.0 Å². The van der Waals surface area contributed by atoms with Gasteiger partial charge in [-0.05, 0) is 30.9 Å². The van der Waals surface area contributed by atoms with Crippen LogP contribution in [0.4, 0.5) is 5.69 Å². The Bertz CT molecular complexity index is 379. The number of benzene rings is 1. The molecule has 3 heteroatoms. The second-order valence-corrected chi connectivity index (χ2v) is 5.06. The number of ether oxygens (including phenoxy) is 2. The summed E-state index contributed by atoms with van der Waals surface area (Å²) in [6.07, 6.45) is 3.51. The Kier molecular flexibility index (Phi) is 6.54. The van der Waals surface area contributed by atoms with Gasteiger partial charge in [-0.2, -0.15) is 0 Å². The predicted octanol–water partition coefficient (Wildman–Crippen LogP) is 4.33. The quantitative estimate of drug-likeness (QED) is 0.759. The van der Waals surface area contributed by atoms with Crippen molar-refractivity contribution in [3.05, 3.63) is 18.2 Å². The van der Waals surface area contributed by atoms with E-state index in [9.17, 15) is 0 Å². The summed E-state index contributed by atoms with van der Waals surface area (Å²) < 4.78 is 10.6. The van der Waals surface area contributed by atoms with Crippen LogP contribution >= 0.6 is 0 Å². The maximum Gasteiger partial charge on any atom is 0.145 e. The Balaban J connectivity index is 2.78. The molecule has 0 saturated heterocycles. The van der Waals surface area contributed by atoms with Gasteiger partial charge in [-0.3, -0.25) is 0 Å². The third kappa shape index (κ3) is 4.66. The smallest absolute Gasteiger partial charge is 0.145 e. The fourth-order valence-corrected chi connectivity index (χ4v) is 2.12. The van der Waals surface area contributed by atoms with Gasteiger partial charge in [0.1, 0.15) is 11.5 Å². The van der Waals surface area contributed by atoms with Gasteiger partial charge in [0.15, 0.2) is 0 Å². The summed E-state index contributed by atoms with van der Waals surface area (Å²) in [6.45, 7) is 6.76. The molecule has 1 aromatic rings. The van der Waals surface area contributed by atoms with Gasteiger partial charge in [-0.1, -0.05) is 27.2 Å². The normalized spacial score (nSPS) is 13.7. The standard InChI is InChI=1S/C16H27NO2/c1-6-12(3)10-13(7-2)17-15-9-8-14(18-4)11-16(15)19-5/h8-9,11-13,17H,6-7,10H2,1-5H3. The third-order valence-electron chi connectivity index (χ3n) is 3.64. The summed E-state index contributed by atoms with van der Waals surface area (Å²) >= 11 is 0. The van der Waals surface area contributed by atoms with E-state index in [1.165, 1.54) is 12.8 Å². The highest BCUT2D eigenvalue weighted by Crippen LogP contribution is 2.30. The van der Waals surface area contributed by atoms with Gasteiger partial charge < -0.3 is 14.8 Å². The molecular formula is C16H27NO2. The van der Waals surface area contributed by atoms with E-state index in [0.29, 0.717) is 6.04 Å². The molecular weight excluding hydrogens is 238 g/mol. The first-order valence-electron chi connectivity index (χ1n) is 7.13. The second kappa shape index (κ2) is 7.93. The van der Waals surface area contributed by atoms with Crippen LogP contribution in [0.5, 0.6) is 11.5 Å². The van der Waals surface area contributed by atoms with E-state index in [-0.39, 0.29) is 0 Å². The average Bonchev–Trinajstić information content (AvgIpc) is 2.46. The zero-order valence-corrected chi connectivity index (χ0v) is 12.8. The lowest BCUT2D eigenvalue weighted by Gasteiger charge is -2.23. The molecule has 0 aromatic heterocycles. The topological polar surface area (TPSA) is 30.5 Å². The SMILES string of the molecule is CCC(C)CC(CC)Nc1ccc(OC)cc1OC. The summed E-state index contributed by atoms with van der Waals surface area (Å²) in [6, 6.07) is 6.38. The Morgan fingerprint density at radius 1 is 1.11 bits per heavy atom. The lowest BCUT2D eigenvalue weighted by atomic mass is 9.97. The van der Waals surface area contributed by atoms with Crippen molar-refractivity contribution < 1.29 is 9.47 Å². The average molecular weight is 265 g/mol. The first kappa shape index (κ1) is 15.7. The molecule has 1 N–H and O–H groups in total. The van der Waals surface area contributed by atoms with Crippen molar-refractivity contribution >= 4 is 5.69 Å². The number of nitrogens with one attached hydrogen (secondary N) is 1. The molecule has 2 atom stereocenters. The Labute approximate surface area is 117 Å². The molecule has 0 spiro atoms. The zero-order chi connectivity index (χ0) is 14.3. The maximum absolute atomic E-state index is 5.42. The van der Waals surface area contributed by atoms with Crippen molar-refractivity contribution in [2.75, 3.05) is 19.5 Å². The van der Waals surface area contributed by atoms with Crippen molar-refractivity contribution in [3.8, 4) is 11.5 Å². The van der Waals surface area contributed by atoms with Crippen LogP contribution in [0.2, 0.25) is 0 Å². The van der Waals surface area contributed by atoms with Gasteiger partial charge in [0, 0.05) is 12.1 Å². The molecule has 0 bridgehead atoms. The van der Waals surface area contributed by atoms with Crippen molar-refractivity contribution in [1.29, 1.82) is 0 Å². The van der Waals surface area contributed by atoms with Crippen LogP contribution in [0.3, 0.4) is 0 Å². The van der Waals surface area contributed by atoms with Crippen LogP contribution in [0.15, 0.2) is 18.2 Å². The number of methoxy groups -OCH3 is 2. The molecule has 0 aliphatic carbocycles. The Morgan fingerprint density at radius 2 is 1.84 bits per heavy atom. The van der Waals surface area contributed by atoms with E-state index in [1.54, 1.807) is 14.2 Å². The molecule has 0 saturated carbocycles. The van der Waals surface area contributed by atoms with Crippen LogP contribution in [-0.4, -0.2) is 20.3 Å². The largest absolute Gasteiger partial charge is 0.497 e. The van der Waals surface area contributed by atoms with Gasteiger partial charge in [-0.25, -0.2) is 0 Å². The maximum atomic E-state index is 5.42. The second-order valence-electron chi connectivity index (χ2n) is 5.06. The predicted molar refractivity (Wildman–Crippen MR) is 81.3 cm³/mol. The minimum Gasteiger partial charge on any atom is -0.497 e. The fourth-order valence-electron chi connectivity index (χ4n) is 2.12. The molecule has 1 aromatic carbocycles. The molecule has 19 heavy (non-hydrogen) atoms. The van der Waals surface area contributed by atoms with Gasteiger partial charge in [0.25, 0.3) is 0 Å². The van der Waals surface area contributed by atoms with Crippen molar-refractivity contribution in [1.82, 2.24) is 0 Å². The summed E-state index contributed by atoms with van der Waals surface area (Å²) in [7, 11) is 3.36. The van der Waals surface area contributed by atoms with E-state index < -0.39 is 0 Å². The zero-order valence-electron chi connectivity index (χ0n) is 12.8. The van der Waals surface area contributed by atoms with Gasteiger partial charge in [0.2, 0.25) is 0 Å². The molecule has 2 unspecified atom stereocenters. The minimum atomic E-state index is 0.484. The molecule has 0 radical (unpaired) electrons. The van der Waals surface area contributed by atoms with Crippen LogP contribution in [0.25, 0.3) is 0 Å². The van der Waals surface area contributed by atoms with E-state index in [2.05, 4.69) is 26.1 Å². The lowest BCUT2D eigenvalue weighted by Crippen LogP contribution is -2.21. The highest BCUT2D eigenvalue weighted by molar-refractivity contribution is 5.59. The molecule has 1 rings (SSSR count). The molecule has 0 amide bonds. The highest BCUT2D eigenvalue weighted by Gasteiger charge is 2.13. The van der Waals surface area contributed by atoms with Crippen LogP contribution in [0, 0.1) is 5.92 Å². The van der Waals surface area contributed by atoms with E-state index in [0.717, 1.165) is 29.5 Å². The molecule has 0 aliphatic heterocycles. The van der Waals surface area contributed by atoms with Crippen molar-refractivity contribution in [3.63, 3.8) is 0 Å². The number of rotatable bonds is 8. The number of hydrogen-bond donors (Lipinski definition) is 1. The van der Waals surface area contributed by atoms with E-state index in [1.807, 2.05) is 18.2 Å². The Morgan fingerprint density at radius 3 is 2.37 bits per heavy atom. The molecule has 0 heterocycles. The number of anilines is 1. The van der Waals surface area contributed by atoms with Gasteiger partial charge in [-0.15, -0.1) is 0 Å². The van der Waals surface area contributed by atoms with Crippen molar-refractivity contribution in [2.45, 2.75) is 46.1 Å². The molecule has 3 nitrogen and oxygen atoms in total. The first-order valence-corrected chi connectivity index (χ1v) is 7.13. The number of hydrogen-bond acceptors (Lipinski definition) is 3. The summed E-state index contributed by atoms with van der Waals surface area (Å²) in [5, 5.41) is 3.58. The lowest BCUT2D eigenvalue weighted by molar-refractivity contribution is 0.394. The minimum absolute atomic E-state index is 0.484. The van der Waals surface area contributed by atoms with Gasteiger partial charge in [0.05, 0.1) is 19.9 Å². The molecule has 0 fully saturated rings. The molecule has 0 aliphatic rings. The third-order valence-corrected chi connectivity index (χ3v) is 3.64. The van der Waals surface area contributed by atoms with E-state index in [4.69, 9.17) is 9.47 Å². The molecule has 108 valence electrons. The first-order chi connectivity index (χ1) is 9.14. The van der Waals surface area contributed by atoms with E-state index >= 15 is 0 Å². The van der Waals surface area contributed by atoms with Gasteiger partial charge >= 0.3 is 0 Å². The highest BCUT2D eigenvalue weighted by atomic mass is 16.5. The summed E-state index contributed by atoms with van der Waals surface area (Å²) in [4.78, 5) is 0. The fraction of sp³-hybridized carbons (Fsp3) is 0.625. The summed E-state index contributed by atoms with van der Waals surface area (Å²) in [5.41, 5.74) is 1.04. The monoisotopic (exact) mass is 265 g/mol. The van der Waals surface area contributed by atoms with Crippen molar-refractivity contribution in [2.24, 2.45) is 5.92 Å².